The Balaban J connectivity index is 1.83. The summed E-state index contributed by atoms with van der Waals surface area (Å²) in [5, 5.41) is 6.59. The van der Waals surface area contributed by atoms with Crippen LogP contribution < -0.4 is 10.1 Å². The first-order valence-corrected chi connectivity index (χ1v) is 7.30. The van der Waals surface area contributed by atoms with Gasteiger partial charge in [-0.2, -0.15) is 0 Å². The van der Waals surface area contributed by atoms with E-state index in [1.54, 1.807) is 25.5 Å². The van der Waals surface area contributed by atoms with Crippen LogP contribution in [0.25, 0.3) is 0 Å². The SMILES string of the molecule is CO/N=C/c1ccc(C(=O)NCCc2ccc(OC)cc2)cc1. The molecule has 5 nitrogen and oxygen atoms in total. The molecule has 0 aromatic heterocycles. The van der Waals surface area contributed by atoms with Gasteiger partial charge in [-0.05, 0) is 41.8 Å². The van der Waals surface area contributed by atoms with Crippen molar-refractivity contribution in [2.75, 3.05) is 20.8 Å². The van der Waals surface area contributed by atoms with Gasteiger partial charge in [-0.1, -0.05) is 29.4 Å². The maximum atomic E-state index is 12.1. The fourth-order valence-corrected chi connectivity index (χ4v) is 2.05. The van der Waals surface area contributed by atoms with Crippen molar-refractivity contribution in [2.24, 2.45) is 5.16 Å². The number of oxime groups is 1. The van der Waals surface area contributed by atoms with Crippen LogP contribution in [0.3, 0.4) is 0 Å². The van der Waals surface area contributed by atoms with E-state index in [0.29, 0.717) is 12.1 Å². The molecule has 5 heteroatoms. The van der Waals surface area contributed by atoms with Crippen LogP contribution in [-0.2, 0) is 11.3 Å². The first kappa shape index (κ1) is 16.5. The van der Waals surface area contributed by atoms with Crippen LogP contribution in [0.5, 0.6) is 5.75 Å². The Morgan fingerprint density at radius 2 is 1.78 bits per heavy atom. The highest BCUT2D eigenvalue weighted by Crippen LogP contribution is 2.11. The van der Waals surface area contributed by atoms with Crippen LogP contribution >= 0.6 is 0 Å². The molecule has 0 unspecified atom stereocenters. The van der Waals surface area contributed by atoms with E-state index in [1.807, 2.05) is 36.4 Å². The van der Waals surface area contributed by atoms with Gasteiger partial charge in [0.2, 0.25) is 0 Å². The van der Waals surface area contributed by atoms with E-state index in [0.717, 1.165) is 23.3 Å². The predicted octanol–water partition coefficient (Wildman–Crippen LogP) is 2.65. The molecule has 0 aliphatic rings. The van der Waals surface area contributed by atoms with Crippen molar-refractivity contribution in [1.29, 1.82) is 0 Å². The molecule has 2 aromatic rings. The molecule has 23 heavy (non-hydrogen) atoms. The van der Waals surface area contributed by atoms with Crippen LogP contribution in [-0.4, -0.2) is 32.9 Å². The lowest BCUT2D eigenvalue weighted by Crippen LogP contribution is -2.25. The number of benzene rings is 2. The van der Waals surface area contributed by atoms with Gasteiger partial charge in [0.05, 0.1) is 13.3 Å². The number of hydrogen-bond acceptors (Lipinski definition) is 4. The normalized spacial score (nSPS) is 10.5. The van der Waals surface area contributed by atoms with Crippen LogP contribution in [0, 0.1) is 0 Å². The second-order valence-corrected chi connectivity index (χ2v) is 4.89. The highest BCUT2D eigenvalue weighted by Gasteiger charge is 2.04. The molecule has 120 valence electrons. The third kappa shape index (κ3) is 5.14. The van der Waals surface area contributed by atoms with Crippen molar-refractivity contribution >= 4 is 12.1 Å². The Labute approximate surface area is 135 Å². The smallest absolute Gasteiger partial charge is 0.251 e. The summed E-state index contributed by atoms with van der Waals surface area (Å²) >= 11 is 0. The highest BCUT2D eigenvalue weighted by molar-refractivity contribution is 5.95. The molecule has 0 heterocycles. The molecule has 0 radical (unpaired) electrons. The number of amides is 1. The molecular formula is C18H20N2O3. The molecule has 2 rings (SSSR count). The minimum absolute atomic E-state index is 0.0891. The Kier molecular flexibility index (Phi) is 6.17. The number of carbonyl (C=O) groups is 1. The predicted molar refractivity (Wildman–Crippen MR) is 90.1 cm³/mol. The largest absolute Gasteiger partial charge is 0.497 e. The first-order valence-electron chi connectivity index (χ1n) is 7.30. The Morgan fingerprint density at radius 1 is 1.09 bits per heavy atom. The van der Waals surface area contributed by atoms with E-state index in [1.165, 1.54) is 7.11 Å². The van der Waals surface area contributed by atoms with Crippen molar-refractivity contribution in [3.8, 4) is 5.75 Å². The van der Waals surface area contributed by atoms with Gasteiger partial charge in [-0.15, -0.1) is 0 Å². The minimum atomic E-state index is -0.0891. The lowest BCUT2D eigenvalue weighted by atomic mass is 10.1. The number of methoxy groups -OCH3 is 1. The molecule has 0 fully saturated rings. The maximum Gasteiger partial charge on any atom is 0.251 e. The lowest BCUT2D eigenvalue weighted by molar-refractivity contribution is 0.0954. The number of nitrogens with one attached hydrogen (secondary N) is 1. The van der Waals surface area contributed by atoms with E-state index in [9.17, 15) is 4.79 Å². The fraction of sp³-hybridized carbons (Fsp3) is 0.222. The van der Waals surface area contributed by atoms with Gasteiger partial charge in [0, 0.05) is 12.1 Å². The van der Waals surface area contributed by atoms with Crippen molar-refractivity contribution in [3.63, 3.8) is 0 Å². The van der Waals surface area contributed by atoms with E-state index in [2.05, 4.69) is 15.3 Å². The van der Waals surface area contributed by atoms with Gasteiger partial charge >= 0.3 is 0 Å². The molecule has 0 bridgehead atoms. The van der Waals surface area contributed by atoms with Gasteiger partial charge in [0.25, 0.3) is 5.91 Å². The van der Waals surface area contributed by atoms with Crippen LogP contribution in [0.2, 0.25) is 0 Å². The summed E-state index contributed by atoms with van der Waals surface area (Å²) in [5.74, 6) is 0.739. The molecular weight excluding hydrogens is 292 g/mol. The maximum absolute atomic E-state index is 12.1. The third-order valence-corrected chi connectivity index (χ3v) is 3.34. The molecule has 1 amide bonds. The lowest BCUT2D eigenvalue weighted by Gasteiger charge is -2.06. The van der Waals surface area contributed by atoms with Crippen LogP contribution in [0.1, 0.15) is 21.5 Å². The molecule has 0 aliphatic heterocycles. The second kappa shape index (κ2) is 8.58. The zero-order valence-corrected chi connectivity index (χ0v) is 13.3. The summed E-state index contributed by atoms with van der Waals surface area (Å²) in [4.78, 5) is 16.7. The molecule has 0 saturated carbocycles. The van der Waals surface area contributed by atoms with Gasteiger partial charge in [0.15, 0.2) is 0 Å². The minimum Gasteiger partial charge on any atom is -0.497 e. The quantitative estimate of drug-likeness (QED) is 0.631. The molecule has 0 saturated heterocycles. The summed E-state index contributed by atoms with van der Waals surface area (Å²) in [6.45, 7) is 0.581. The number of nitrogens with zero attached hydrogens (tertiary/aromatic N) is 1. The number of rotatable bonds is 7. The highest BCUT2D eigenvalue weighted by atomic mass is 16.6. The second-order valence-electron chi connectivity index (χ2n) is 4.89. The summed E-state index contributed by atoms with van der Waals surface area (Å²) in [7, 11) is 3.13. The topological polar surface area (TPSA) is 59.9 Å². The number of carbonyl (C=O) groups excluding carboxylic acids is 1. The van der Waals surface area contributed by atoms with Gasteiger partial charge in [-0.25, -0.2) is 0 Å². The Hall–Kier alpha value is -2.82. The van der Waals surface area contributed by atoms with E-state index < -0.39 is 0 Å². The zero-order chi connectivity index (χ0) is 16.5. The molecule has 0 aliphatic carbocycles. The average molecular weight is 312 g/mol. The van der Waals surface area contributed by atoms with Crippen molar-refractivity contribution in [2.45, 2.75) is 6.42 Å². The van der Waals surface area contributed by atoms with Crippen molar-refractivity contribution < 1.29 is 14.4 Å². The third-order valence-electron chi connectivity index (χ3n) is 3.34. The zero-order valence-electron chi connectivity index (χ0n) is 13.3. The Morgan fingerprint density at radius 3 is 2.39 bits per heavy atom. The summed E-state index contributed by atoms with van der Waals surface area (Å²) in [6, 6.07) is 15.0. The average Bonchev–Trinajstić information content (AvgIpc) is 2.61. The van der Waals surface area contributed by atoms with E-state index >= 15 is 0 Å². The number of hydrogen-bond donors (Lipinski definition) is 1. The molecule has 0 atom stereocenters. The number of ether oxygens (including phenoxy) is 1. The first-order chi connectivity index (χ1) is 11.2. The van der Waals surface area contributed by atoms with Gasteiger partial charge in [-0.3, -0.25) is 4.79 Å². The molecule has 1 N–H and O–H groups in total. The summed E-state index contributed by atoms with van der Waals surface area (Å²) < 4.78 is 5.12. The summed E-state index contributed by atoms with van der Waals surface area (Å²) in [6.07, 6.45) is 2.36. The van der Waals surface area contributed by atoms with Crippen molar-refractivity contribution in [1.82, 2.24) is 5.32 Å². The Bertz CT molecular complexity index is 649. The molecule has 0 spiro atoms. The van der Waals surface area contributed by atoms with E-state index in [4.69, 9.17) is 4.74 Å². The summed E-state index contributed by atoms with van der Waals surface area (Å²) in [5.41, 5.74) is 2.65. The molecule has 2 aromatic carbocycles. The van der Waals surface area contributed by atoms with Gasteiger partial charge in [0.1, 0.15) is 12.9 Å². The van der Waals surface area contributed by atoms with E-state index in [-0.39, 0.29) is 5.91 Å². The van der Waals surface area contributed by atoms with Crippen molar-refractivity contribution in [3.05, 3.63) is 65.2 Å². The monoisotopic (exact) mass is 312 g/mol. The standard InChI is InChI=1S/C18H20N2O3/c1-22-17-9-5-14(6-10-17)11-12-19-18(21)16-7-3-15(4-8-16)13-20-23-2/h3-10,13H,11-12H2,1-2H3,(H,19,21)/b20-13+. The fourth-order valence-electron chi connectivity index (χ4n) is 2.05. The van der Waals surface area contributed by atoms with Gasteiger partial charge < -0.3 is 14.9 Å². The van der Waals surface area contributed by atoms with Crippen LogP contribution in [0.15, 0.2) is 53.7 Å². The van der Waals surface area contributed by atoms with Crippen LogP contribution in [0.4, 0.5) is 0 Å².